The number of fused-ring (bicyclic) bond motifs is 5. The number of carbonyl (C=O) groups is 5. The summed E-state index contributed by atoms with van der Waals surface area (Å²) in [5.41, 5.74) is -6.48. The van der Waals surface area contributed by atoms with Crippen molar-refractivity contribution in [2.45, 2.75) is 101 Å². The molecule has 1 saturated heterocycles. The van der Waals surface area contributed by atoms with Crippen LogP contribution in [0.3, 0.4) is 0 Å². The predicted molar refractivity (Wildman–Crippen MR) is 225 cm³/mol. The van der Waals surface area contributed by atoms with E-state index in [2.05, 4.69) is 5.32 Å². The monoisotopic (exact) mass is 1330 g/mol. The number of thioether (sulfide) groups is 1. The molecule has 4 aliphatic rings. The maximum atomic E-state index is 15.3. The smallest absolute Gasteiger partial charge is 0.350 e. The van der Waals surface area contributed by atoms with E-state index in [1.165, 1.54) is 23.9 Å². The van der Waals surface area contributed by atoms with Gasteiger partial charge in [-0.15, -0.1) is 11.8 Å². The van der Waals surface area contributed by atoms with E-state index < -0.39 is 107 Å². The number of aliphatic hydroxyl groups excluding tert-OH is 1. The zero-order valence-corrected chi connectivity index (χ0v) is 46.9. The van der Waals surface area contributed by atoms with E-state index in [0.717, 1.165) is 6.92 Å². The van der Waals surface area contributed by atoms with Gasteiger partial charge in [0.25, 0.3) is 5.91 Å². The Balaban J connectivity index is 0.00000385. The van der Waals surface area contributed by atoms with Crippen molar-refractivity contribution in [2.24, 2.45) is 16.7 Å². The molecule has 1 amide bonds. The van der Waals surface area contributed by atoms with Crippen molar-refractivity contribution in [3.63, 3.8) is 0 Å². The number of benzene rings is 3. The third-order valence-electron chi connectivity index (χ3n) is 13.5. The van der Waals surface area contributed by atoms with Crippen molar-refractivity contribution in [3.8, 4) is 0 Å². The second-order valence-electron chi connectivity index (χ2n) is 17.3. The number of esters is 3. The third kappa shape index (κ3) is 9.53. The van der Waals surface area contributed by atoms with E-state index in [1.54, 1.807) is 107 Å². The van der Waals surface area contributed by atoms with Crippen LogP contribution in [0.25, 0.3) is 0 Å². The van der Waals surface area contributed by atoms with Crippen LogP contribution in [0.15, 0.2) is 102 Å². The van der Waals surface area contributed by atoms with Crippen molar-refractivity contribution < 1.29 is 151 Å². The second-order valence-corrected chi connectivity index (χ2v) is 18.2. The zero-order chi connectivity index (χ0) is 44.8. The Kier molecular flexibility index (Phi) is 17.5. The first-order chi connectivity index (χ1) is 29.4. The number of rotatable bonds is 12. The number of Topliss-reactive ketones (excluding diaryl/α,β-unsaturated/α-hetero) is 1. The Morgan fingerprint density at radius 1 is 0.891 bits per heavy atom. The number of carbonyl (C=O) groups excluding carboxylic acids is 5. The molecule has 64 heavy (non-hydrogen) atoms. The van der Waals surface area contributed by atoms with E-state index >= 15 is 4.79 Å². The van der Waals surface area contributed by atoms with E-state index in [-0.39, 0.29) is 129 Å². The molecule has 1 aliphatic heterocycles. The molecule has 0 spiro atoms. The normalized spacial score (nSPS) is 31.0. The molecule has 17 heteroatoms. The minimum absolute atomic E-state index is 0. The molecule has 336 valence electrons. The maximum Gasteiger partial charge on any atom is 0.350 e. The van der Waals surface area contributed by atoms with Gasteiger partial charge in [0.05, 0.1) is 35.7 Å². The van der Waals surface area contributed by atoms with Gasteiger partial charge >= 0.3 is 17.9 Å². The van der Waals surface area contributed by atoms with Gasteiger partial charge in [0.15, 0.2) is 5.78 Å². The number of ketones is 1. The van der Waals surface area contributed by atoms with Crippen molar-refractivity contribution in [3.05, 3.63) is 119 Å². The van der Waals surface area contributed by atoms with Crippen LogP contribution in [0, 0.1) is 105 Å². The molecule has 2 bridgehead atoms. The molecule has 2 radical (unpaired) electrons. The van der Waals surface area contributed by atoms with Gasteiger partial charge < -0.3 is 44.3 Å². The average Bonchev–Trinajstić information content (AvgIpc) is 3.25. The topological polar surface area (TPSA) is 204 Å². The Labute approximate surface area is 448 Å². The van der Waals surface area contributed by atoms with E-state index in [4.69, 9.17) is 23.7 Å². The third-order valence-corrected chi connectivity index (χ3v) is 13.9. The SMILES string of the molecule is CSCOC1CC2OC[C@@]2(O)C2C(OC(=O)c3ccccc3)C3(O)CC(OC(=O)C(OC(C)=O)C(NC(=O)c4ccccc4)c4ccccc4)C(C)=C(C(O)C(=O)[C@]12C)C3(C)C.[Ac].[Ac]. The fraction of sp³-hybridized carbons (Fsp3) is 0.468. The van der Waals surface area contributed by atoms with Gasteiger partial charge in [-0.05, 0) is 61.1 Å². The van der Waals surface area contributed by atoms with E-state index in [9.17, 15) is 34.5 Å². The first-order valence-electron chi connectivity index (χ1n) is 20.5. The van der Waals surface area contributed by atoms with Crippen molar-refractivity contribution in [1.82, 2.24) is 5.32 Å². The van der Waals surface area contributed by atoms with Crippen LogP contribution in [0.1, 0.15) is 79.8 Å². The molecule has 0 aromatic heterocycles. The summed E-state index contributed by atoms with van der Waals surface area (Å²) < 4.78 is 30.5. The summed E-state index contributed by atoms with van der Waals surface area (Å²) in [7, 11) is 0. The van der Waals surface area contributed by atoms with E-state index in [0.29, 0.717) is 5.56 Å². The second kappa shape index (κ2) is 21.1. The van der Waals surface area contributed by atoms with Gasteiger partial charge in [-0.25, -0.2) is 9.59 Å². The fourth-order valence-electron chi connectivity index (χ4n) is 10.2. The van der Waals surface area contributed by atoms with Crippen LogP contribution in [0.2, 0.25) is 0 Å². The van der Waals surface area contributed by atoms with Gasteiger partial charge in [0.2, 0.25) is 6.10 Å². The first-order valence-corrected chi connectivity index (χ1v) is 21.9. The maximum absolute atomic E-state index is 15.3. The van der Waals surface area contributed by atoms with Crippen LogP contribution in [-0.4, -0.2) is 112 Å². The number of nitrogens with one attached hydrogen (secondary N) is 1. The van der Waals surface area contributed by atoms with Crippen molar-refractivity contribution in [2.75, 3.05) is 18.8 Å². The van der Waals surface area contributed by atoms with Gasteiger partial charge in [-0.3, -0.25) is 14.4 Å². The molecule has 7 rings (SSSR count). The first kappa shape index (κ1) is 52.9. The number of hydrogen-bond donors (Lipinski definition) is 4. The van der Waals surface area contributed by atoms with Crippen molar-refractivity contribution >= 4 is 41.4 Å². The average molecular weight is 1330 g/mol. The molecule has 9 unspecified atom stereocenters. The molecule has 14 nitrogen and oxygen atoms in total. The molecule has 11 atom stereocenters. The Morgan fingerprint density at radius 3 is 2.02 bits per heavy atom. The largest absolute Gasteiger partial charge is 0.455 e. The molecule has 1 heterocycles. The molecule has 3 aromatic rings. The zero-order valence-electron chi connectivity index (χ0n) is 36.6. The minimum Gasteiger partial charge on any atom is -0.455 e. The quantitative estimate of drug-likeness (QED) is 0.0854. The molecule has 3 fully saturated rings. The van der Waals surface area contributed by atoms with Crippen LogP contribution in [0.4, 0.5) is 0 Å². The molecular weight excluding hydrogens is 1270 g/mol. The van der Waals surface area contributed by atoms with Crippen LogP contribution in [-0.2, 0) is 38.1 Å². The van der Waals surface area contributed by atoms with Gasteiger partial charge in [-0.2, -0.15) is 0 Å². The number of amides is 1. The summed E-state index contributed by atoms with van der Waals surface area (Å²) in [6.45, 7) is 7.16. The van der Waals surface area contributed by atoms with Crippen LogP contribution < -0.4 is 5.32 Å². The number of ether oxygens (including phenoxy) is 5. The summed E-state index contributed by atoms with van der Waals surface area (Å²) in [4.78, 5) is 70.5. The van der Waals surface area contributed by atoms with Crippen molar-refractivity contribution in [1.29, 1.82) is 0 Å². The molecular formula is C47H53Ac2NO13S. The summed E-state index contributed by atoms with van der Waals surface area (Å²) in [6, 6.07) is 23.4. The minimum atomic E-state index is -2.29. The standard InChI is InChI=1S/C47H53NO13S.2Ac/c1-26-31(60-43(54)37(59-27(2)49)35(28-16-10-7-11-17-28)48-41(52)29-18-12-8-13-19-29)23-47(56)40(61-42(53)30-20-14-9-15-21-30)38-45(5,39(51)36(50)34(26)44(47,3)4)32(58-25-62-6)22-33-46(38,55)24-57-33;;/h7-21,31-33,35-38,40,50,55-56H,22-25H2,1-6H3,(H,48,52);;/t31?,32?,33?,35?,36?,37?,38?,40?,45-,46+,47?;;/m1../s1. The Bertz CT molecular complexity index is 2230. The number of aliphatic hydroxyl groups is 3. The van der Waals surface area contributed by atoms with Gasteiger partial charge in [0, 0.05) is 125 Å². The molecule has 4 N–H and O–H groups in total. The summed E-state index contributed by atoms with van der Waals surface area (Å²) >= 11 is 1.36. The fourth-order valence-corrected chi connectivity index (χ4v) is 10.5. The van der Waals surface area contributed by atoms with E-state index in [1.807, 2.05) is 6.26 Å². The summed E-state index contributed by atoms with van der Waals surface area (Å²) in [6.07, 6.45) is -7.29. The molecule has 2 saturated carbocycles. The summed E-state index contributed by atoms with van der Waals surface area (Å²) in [5, 5.41) is 41.5. The molecule has 3 aromatic carbocycles. The van der Waals surface area contributed by atoms with Crippen LogP contribution >= 0.6 is 11.8 Å². The Hall–Kier alpha value is -2.02. The van der Waals surface area contributed by atoms with Gasteiger partial charge in [-0.1, -0.05) is 80.6 Å². The van der Waals surface area contributed by atoms with Crippen LogP contribution in [0.5, 0.6) is 0 Å². The Morgan fingerprint density at radius 2 is 1.47 bits per heavy atom. The van der Waals surface area contributed by atoms with Gasteiger partial charge in [0.1, 0.15) is 35.6 Å². The predicted octanol–water partition coefficient (Wildman–Crippen LogP) is 4.51. The summed E-state index contributed by atoms with van der Waals surface area (Å²) in [5.74, 6) is -5.45. The molecule has 3 aliphatic carbocycles. The number of hydrogen-bond acceptors (Lipinski definition) is 14.